The van der Waals surface area contributed by atoms with Crippen LogP contribution in [0.5, 0.6) is 5.88 Å². The van der Waals surface area contributed by atoms with Crippen LogP contribution in [-0.2, 0) is 22.9 Å². The summed E-state index contributed by atoms with van der Waals surface area (Å²) in [5.41, 5.74) is 0.419. The summed E-state index contributed by atoms with van der Waals surface area (Å²) >= 11 is -0.334. The normalized spacial score (nSPS) is 16.5. The molecule has 0 atom stereocenters. The van der Waals surface area contributed by atoms with E-state index in [0.29, 0.717) is 40.4 Å². The molecule has 4 aromatic rings. The van der Waals surface area contributed by atoms with E-state index in [2.05, 4.69) is 19.9 Å². The minimum absolute atomic E-state index is 0.120. The van der Waals surface area contributed by atoms with Crippen LogP contribution in [0.15, 0.2) is 30.9 Å². The summed E-state index contributed by atoms with van der Waals surface area (Å²) in [6, 6.07) is 3.49. The van der Waals surface area contributed by atoms with Gasteiger partial charge in [0.25, 0.3) is 0 Å². The number of fused-ring (bicyclic) bond motifs is 1. The number of carbonyl (C=O) groups is 1. The maximum atomic E-state index is 13.7. The summed E-state index contributed by atoms with van der Waals surface area (Å²) in [5.74, 6) is 1.76. The number of amides is 1. The van der Waals surface area contributed by atoms with E-state index < -0.39 is 17.3 Å². The Hall–Kier alpha value is -3.57. The Kier molecular flexibility index (Phi) is 6.57. The van der Waals surface area contributed by atoms with Gasteiger partial charge in [-0.25, -0.2) is 0 Å². The molecular weight excluding hydrogens is 602 g/mol. The van der Waals surface area contributed by atoms with Crippen LogP contribution < -0.4 is 9.64 Å². The molecule has 1 saturated carbocycles. The van der Waals surface area contributed by atoms with Gasteiger partial charge in [-0.05, 0) is 0 Å². The van der Waals surface area contributed by atoms with Gasteiger partial charge in [-0.3, -0.25) is 0 Å². The van der Waals surface area contributed by atoms with Crippen LogP contribution >= 0.6 is 0 Å². The molecule has 0 saturated heterocycles. The van der Waals surface area contributed by atoms with E-state index in [1.54, 1.807) is 15.7 Å². The second kappa shape index (κ2) is 9.77. The first-order valence-corrected chi connectivity index (χ1v) is 14.9. The van der Waals surface area contributed by atoms with Gasteiger partial charge in [-0.1, -0.05) is 0 Å². The number of imidazole rings is 1. The molecule has 0 spiro atoms. The second-order valence-corrected chi connectivity index (χ2v) is 13.5. The summed E-state index contributed by atoms with van der Waals surface area (Å²) in [7, 11) is 1.54. The first-order chi connectivity index (χ1) is 19.4. The molecule has 6 rings (SSSR count). The summed E-state index contributed by atoms with van der Waals surface area (Å²) in [6.07, 6.45) is 1.73. The fourth-order valence-corrected chi connectivity index (χ4v) is 7.17. The van der Waals surface area contributed by atoms with Gasteiger partial charge in [-0.15, -0.1) is 0 Å². The molecule has 0 radical (unpaired) electrons. The Labute approximate surface area is 240 Å². The Morgan fingerprint density at radius 3 is 2.56 bits per heavy atom. The summed E-state index contributed by atoms with van der Waals surface area (Å²) in [5, 5.41) is 0. The molecule has 1 fully saturated rings. The third-order valence-corrected chi connectivity index (χ3v) is 9.71. The number of aromatic nitrogens is 6. The van der Waals surface area contributed by atoms with Gasteiger partial charge in [0, 0.05) is 0 Å². The Morgan fingerprint density at radius 2 is 1.90 bits per heavy atom. The van der Waals surface area contributed by atoms with E-state index >= 15 is 0 Å². The average Bonchev–Trinajstić information content (AvgIpc) is 3.42. The summed E-state index contributed by atoms with van der Waals surface area (Å²) in [4.78, 5) is 37.5. The summed E-state index contributed by atoms with van der Waals surface area (Å²) < 4.78 is 49.1. The van der Waals surface area contributed by atoms with E-state index in [1.807, 2.05) is 39.8 Å². The van der Waals surface area contributed by atoms with Crippen molar-refractivity contribution in [1.82, 2.24) is 29.5 Å². The Morgan fingerprint density at radius 1 is 1.15 bits per heavy atom. The molecule has 1 aliphatic heterocycles. The van der Waals surface area contributed by atoms with E-state index in [0.717, 1.165) is 33.6 Å². The van der Waals surface area contributed by atoms with Gasteiger partial charge in [0.2, 0.25) is 0 Å². The van der Waals surface area contributed by atoms with Gasteiger partial charge < -0.3 is 0 Å². The van der Waals surface area contributed by atoms with Crippen molar-refractivity contribution < 1.29 is 22.7 Å². The van der Waals surface area contributed by atoms with Gasteiger partial charge in [0.05, 0.1) is 0 Å². The van der Waals surface area contributed by atoms with Crippen molar-refractivity contribution >= 4 is 26.2 Å². The molecule has 9 nitrogen and oxygen atoms in total. The predicted octanol–water partition coefficient (Wildman–Crippen LogP) is 5.16. The zero-order valence-electron chi connectivity index (χ0n) is 23.2. The van der Waals surface area contributed by atoms with Crippen LogP contribution in [0.3, 0.4) is 0 Å². The molecule has 0 N–H and O–H groups in total. The van der Waals surface area contributed by atoms with Crippen molar-refractivity contribution in [3.8, 4) is 27.5 Å². The fraction of sp³-hybridized carbons (Fsp3) is 0.429. The number of halogens is 3. The third kappa shape index (κ3) is 4.74. The zero-order chi connectivity index (χ0) is 29.3. The number of methoxy groups -OCH3 is 1. The monoisotopic (exact) mass is 631 g/mol. The minimum atomic E-state index is -4.53. The average molecular weight is 631 g/mol. The molecule has 2 aliphatic rings. The van der Waals surface area contributed by atoms with Crippen LogP contribution in [0, 0.1) is 0 Å². The molecule has 0 unspecified atom stereocenters. The van der Waals surface area contributed by atoms with Crippen molar-refractivity contribution in [2.45, 2.75) is 70.6 Å². The molecule has 214 valence electrons. The standard InChI is InChI=1S/C28H28F3N7O2Se/c1-14(2)37-12-19(28(29,30)31)35-24(37)18-9-8-16(41-18)11-38-23-17(27(3,4)26(38)39)10-32-22(36-23)20-21(15-6-7-15)33-13-34-25(20)40-5/h8-10,12-15H,6-7,11H2,1-5H3. The van der Waals surface area contributed by atoms with Crippen LogP contribution in [0.1, 0.15) is 73.9 Å². The number of nitrogens with zero attached hydrogens (tertiary/aromatic N) is 7. The topological polar surface area (TPSA) is 98.9 Å². The van der Waals surface area contributed by atoms with Gasteiger partial charge >= 0.3 is 241 Å². The van der Waals surface area contributed by atoms with E-state index in [4.69, 9.17) is 9.72 Å². The molecule has 13 heteroatoms. The van der Waals surface area contributed by atoms with Gasteiger partial charge in [-0.2, -0.15) is 0 Å². The van der Waals surface area contributed by atoms with Crippen molar-refractivity contribution in [3.63, 3.8) is 0 Å². The van der Waals surface area contributed by atoms with E-state index in [-0.39, 0.29) is 33.0 Å². The first kappa shape index (κ1) is 27.6. The quantitative estimate of drug-likeness (QED) is 0.260. The number of rotatable bonds is 7. The van der Waals surface area contributed by atoms with Crippen LogP contribution in [0.2, 0.25) is 0 Å². The van der Waals surface area contributed by atoms with Crippen LogP contribution in [-0.4, -0.2) is 57.0 Å². The molecule has 1 amide bonds. The first-order valence-electron chi connectivity index (χ1n) is 13.2. The Bertz CT molecular complexity index is 1660. The SMILES string of the molecule is COc1ncnc(C2CC2)c1-c1ncc2c(n1)N(Cc1ccc(-c3nc(C(F)(F)F)cn3C(C)C)[se]1)C(=O)C2(C)C. The number of anilines is 1. The van der Waals surface area contributed by atoms with Crippen molar-refractivity contribution in [3.05, 3.63) is 52.2 Å². The summed E-state index contributed by atoms with van der Waals surface area (Å²) in [6.45, 7) is 7.59. The molecular formula is C28H28F3N7O2Se. The number of hydrogen-bond donors (Lipinski definition) is 0. The molecule has 0 aromatic carbocycles. The van der Waals surface area contributed by atoms with Gasteiger partial charge in [0.15, 0.2) is 0 Å². The molecule has 5 heterocycles. The molecule has 0 bridgehead atoms. The molecule has 1 aliphatic carbocycles. The number of ether oxygens (including phenoxy) is 1. The van der Waals surface area contributed by atoms with Crippen LogP contribution in [0.25, 0.3) is 21.6 Å². The maximum absolute atomic E-state index is 13.7. The third-order valence-electron chi connectivity index (χ3n) is 7.48. The Balaban J connectivity index is 1.38. The molecule has 4 aromatic heterocycles. The number of alkyl halides is 3. The van der Waals surface area contributed by atoms with Crippen molar-refractivity contribution in [1.29, 1.82) is 0 Å². The van der Waals surface area contributed by atoms with Crippen LogP contribution in [0.4, 0.5) is 19.0 Å². The van der Waals surface area contributed by atoms with E-state index in [9.17, 15) is 18.0 Å². The number of carbonyl (C=O) groups excluding carboxylic acids is 1. The van der Waals surface area contributed by atoms with Crippen molar-refractivity contribution in [2.24, 2.45) is 0 Å². The van der Waals surface area contributed by atoms with Crippen molar-refractivity contribution in [2.75, 3.05) is 12.0 Å². The fourth-order valence-electron chi connectivity index (χ4n) is 5.09. The van der Waals surface area contributed by atoms with E-state index in [1.165, 1.54) is 13.4 Å². The zero-order valence-corrected chi connectivity index (χ0v) is 24.9. The molecule has 41 heavy (non-hydrogen) atoms. The van der Waals surface area contributed by atoms with Gasteiger partial charge in [0.1, 0.15) is 0 Å². The predicted molar refractivity (Wildman–Crippen MR) is 146 cm³/mol. The second-order valence-electron chi connectivity index (χ2n) is 11.1. The number of hydrogen-bond acceptors (Lipinski definition) is 7.